The molecule has 3 fully saturated rings. The van der Waals surface area contributed by atoms with Gasteiger partial charge in [-0.2, -0.15) is 0 Å². The Kier molecular flexibility index (Phi) is 9.69. The molecule has 6 rings (SSSR count). The van der Waals surface area contributed by atoms with Gasteiger partial charge in [0.25, 0.3) is 5.91 Å². The van der Waals surface area contributed by atoms with Crippen LogP contribution in [0.25, 0.3) is 10.8 Å². The first kappa shape index (κ1) is 35.5. The Balaban J connectivity index is 1.30. The number of aromatic nitrogens is 1. The van der Waals surface area contributed by atoms with E-state index in [1.54, 1.807) is 31.5 Å². The molecule has 2 aromatic carbocycles. The number of hydrogen-bond acceptors (Lipinski definition) is 9. The molecule has 0 spiro atoms. The predicted octanol–water partition coefficient (Wildman–Crippen LogP) is 4.44. The lowest BCUT2D eigenvalue weighted by Crippen LogP contribution is -2.58. The van der Waals surface area contributed by atoms with Crippen molar-refractivity contribution in [3.05, 3.63) is 59.8 Å². The summed E-state index contributed by atoms with van der Waals surface area (Å²) in [5, 5.41) is 7.41. The Morgan fingerprint density at radius 2 is 1.80 bits per heavy atom. The molecule has 3 N–H and O–H groups in total. The minimum absolute atomic E-state index is 0.0542. The van der Waals surface area contributed by atoms with E-state index < -0.39 is 56.2 Å². The maximum Gasteiger partial charge on any atom is 0.260 e. The van der Waals surface area contributed by atoms with Gasteiger partial charge in [-0.25, -0.2) is 13.4 Å². The molecule has 0 bridgehead atoms. The third kappa shape index (κ3) is 7.41. The van der Waals surface area contributed by atoms with Gasteiger partial charge in [0.1, 0.15) is 29.5 Å². The average molecular weight is 824 g/mol. The predicted molar refractivity (Wildman–Crippen MR) is 195 cm³/mol. The van der Waals surface area contributed by atoms with Crippen molar-refractivity contribution in [3.8, 4) is 11.6 Å². The molecule has 15 heteroatoms. The molecular weight excluding hydrogens is 785 g/mol. The van der Waals surface area contributed by atoms with Crippen LogP contribution in [0.5, 0.6) is 11.6 Å². The van der Waals surface area contributed by atoms with E-state index in [-0.39, 0.29) is 35.1 Å². The molecule has 3 amide bonds. The van der Waals surface area contributed by atoms with E-state index in [1.165, 1.54) is 4.90 Å². The first-order valence-corrected chi connectivity index (χ1v) is 19.2. The number of nitrogens with zero attached hydrogens (tertiary/aromatic N) is 2. The highest BCUT2D eigenvalue weighted by molar-refractivity contribution is 14.1. The van der Waals surface area contributed by atoms with Crippen LogP contribution < -0.4 is 24.8 Å². The number of fused-ring (bicyclic) bond motifs is 1. The molecule has 5 atom stereocenters. The van der Waals surface area contributed by atoms with Gasteiger partial charge < -0.3 is 25.0 Å². The second-order valence-electron chi connectivity index (χ2n) is 13.9. The van der Waals surface area contributed by atoms with Crippen molar-refractivity contribution in [2.75, 3.05) is 19.0 Å². The molecule has 262 valence electrons. The van der Waals surface area contributed by atoms with Crippen LogP contribution in [0, 0.1) is 5.41 Å². The number of sulfonamides is 1. The van der Waals surface area contributed by atoms with Gasteiger partial charge in [0.2, 0.25) is 27.7 Å². The molecule has 0 radical (unpaired) electrons. The number of anilines is 1. The van der Waals surface area contributed by atoms with E-state index in [0.29, 0.717) is 29.0 Å². The minimum Gasteiger partial charge on any atom is -0.494 e. The van der Waals surface area contributed by atoms with Crippen LogP contribution in [0.4, 0.5) is 5.69 Å². The summed E-state index contributed by atoms with van der Waals surface area (Å²) in [6.07, 6.45) is 2.22. The third-order valence-corrected chi connectivity index (χ3v) is 12.7. The zero-order valence-corrected chi connectivity index (χ0v) is 31.3. The molecule has 2 saturated carbocycles. The van der Waals surface area contributed by atoms with Crippen LogP contribution >= 0.6 is 34.2 Å². The third-order valence-electron chi connectivity index (χ3n) is 9.15. The molecule has 49 heavy (non-hydrogen) atoms. The summed E-state index contributed by atoms with van der Waals surface area (Å²) in [5.41, 5.74) is -1.24. The fraction of sp³-hybridized carbons (Fsp3) is 0.471. The summed E-state index contributed by atoms with van der Waals surface area (Å²) >= 11 is 8.37. The number of carbonyl (C=O) groups is 3. The molecule has 2 heterocycles. The van der Waals surface area contributed by atoms with Crippen LogP contribution in [0.3, 0.4) is 0 Å². The van der Waals surface area contributed by atoms with Gasteiger partial charge in [0.15, 0.2) is 0 Å². The second-order valence-corrected chi connectivity index (χ2v) is 17.8. The summed E-state index contributed by atoms with van der Waals surface area (Å²) in [4.78, 5) is 48.0. The fourth-order valence-electron chi connectivity index (χ4n) is 6.10. The summed E-state index contributed by atoms with van der Waals surface area (Å²) in [6, 6.07) is 12.8. The van der Waals surface area contributed by atoms with E-state index >= 15 is 0 Å². The van der Waals surface area contributed by atoms with Crippen molar-refractivity contribution >= 4 is 78.4 Å². The fourth-order valence-corrected chi connectivity index (χ4v) is 8.77. The number of methoxy groups -OCH3 is 1. The van der Waals surface area contributed by atoms with Crippen LogP contribution in [0.1, 0.15) is 46.5 Å². The molecular formula is C34H39ClIN5O7S. The maximum atomic E-state index is 14.5. The number of alkyl halides is 1. The van der Waals surface area contributed by atoms with E-state index in [1.807, 2.05) is 73.7 Å². The Morgan fingerprint density at radius 1 is 1.10 bits per heavy atom. The Bertz CT molecular complexity index is 1890. The first-order valence-electron chi connectivity index (χ1n) is 16.1. The van der Waals surface area contributed by atoms with Crippen LogP contribution in [-0.4, -0.2) is 82.6 Å². The Labute approximate surface area is 304 Å². The zero-order valence-electron chi connectivity index (χ0n) is 27.5. The number of rotatable bonds is 11. The molecule has 3 aromatic rings. The molecule has 2 aliphatic carbocycles. The number of ether oxygens (including phenoxy) is 2. The van der Waals surface area contributed by atoms with Gasteiger partial charge in [-0.3, -0.25) is 19.1 Å². The van der Waals surface area contributed by atoms with E-state index in [0.717, 1.165) is 11.1 Å². The van der Waals surface area contributed by atoms with Crippen LogP contribution in [0.15, 0.2) is 54.7 Å². The average Bonchev–Trinajstić information content (AvgIpc) is 3.97. The molecule has 1 aliphatic heterocycles. The topological polar surface area (TPSA) is 156 Å². The monoisotopic (exact) mass is 823 g/mol. The highest BCUT2D eigenvalue weighted by Crippen LogP contribution is 2.44. The van der Waals surface area contributed by atoms with Crippen LogP contribution in [-0.2, 0) is 24.4 Å². The Morgan fingerprint density at radius 3 is 2.41 bits per heavy atom. The van der Waals surface area contributed by atoms with Gasteiger partial charge in [-0.15, -0.1) is 0 Å². The van der Waals surface area contributed by atoms with Crippen molar-refractivity contribution in [3.63, 3.8) is 0 Å². The van der Waals surface area contributed by atoms with Gasteiger partial charge in [0.05, 0.1) is 25.1 Å². The molecule has 12 nitrogen and oxygen atoms in total. The lowest BCUT2D eigenvalue weighted by molar-refractivity contribution is -0.141. The zero-order chi connectivity index (χ0) is 35.3. The van der Waals surface area contributed by atoms with Crippen molar-refractivity contribution in [2.24, 2.45) is 5.41 Å². The van der Waals surface area contributed by atoms with Gasteiger partial charge >= 0.3 is 0 Å². The number of carbonyl (C=O) groups excluding carboxylic acids is 3. The molecule has 1 saturated heterocycles. The van der Waals surface area contributed by atoms with Crippen molar-refractivity contribution in [2.45, 2.75) is 79.4 Å². The SMILES string of the molecule is COc1cnc(O[C@@H]2C[C@@H](C(=O)N[C@]3(C(=O)NS(=O)(=O)C4CC4)C[C@H]3I)N(C(=O)C(Nc3ccccc3)C(C)(C)C)C2)c2cc(Cl)ccc12. The van der Waals surface area contributed by atoms with Gasteiger partial charge in [-0.05, 0) is 55.0 Å². The van der Waals surface area contributed by atoms with E-state index in [4.69, 9.17) is 21.1 Å². The summed E-state index contributed by atoms with van der Waals surface area (Å²) in [7, 11) is -2.29. The number of pyridine rings is 1. The molecule has 1 unspecified atom stereocenters. The smallest absolute Gasteiger partial charge is 0.260 e. The van der Waals surface area contributed by atoms with Gasteiger partial charge in [0, 0.05) is 31.8 Å². The largest absolute Gasteiger partial charge is 0.494 e. The van der Waals surface area contributed by atoms with E-state index in [9.17, 15) is 22.8 Å². The molecule has 3 aliphatic rings. The number of amides is 3. The number of likely N-dealkylation sites (tertiary alicyclic amines) is 1. The second kappa shape index (κ2) is 13.4. The quantitative estimate of drug-likeness (QED) is 0.188. The first-order chi connectivity index (χ1) is 23.1. The summed E-state index contributed by atoms with van der Waals surface area (Å²) in [5.74, 6) is -0.859. The Hall–Kier alpha value is -3.37. The lowest BCUT2D eigenvalue weighted by Gasteiger charge is -2.36. The summed E-state index contributed by atoms with van der Waals surface area (Å²) < 4.78 is 39.0. The lowest BCUT2D eigenvalue weighted by atomic mass is 9.85. The normalized spacial score (nSPS) is 24.2. The standard InChI is InChI=1S/C34H39ClIN5O7S/c1-33(2,3)28(38-20-8-6-5-7-9-20)31(43)41-18-21(48-30-24-14-19(35)10-13-23(24)26(47-4)17-37-30)15-25(41)29(42)39-34(16-27(34)36)32(44)40-49(45,46)22-11-12-22/h5-10,13-14,17,21-22,25,27-28,38H,11-12,15-16,18H2,1-4H3,(H,39,42)(H,40,44)/t21-,25+,27-,28?,34-/m1/s1. The number of nitrogens with one attached hydrogen (secondary N) is 3. The van der Waals surface area contributed by atoms with Crippen LogP contribution in [0.2, 0.25) is 5.02 Å². The summed E-state index contributed by atoms with van der Waals surface area (Å²) in [6.45, 7) is 5.86. The highest BCUT2D eigenvalue weighted by atomic mass is 127. The van der Waals surface area contributed by atoms with Crippen molar-refractivity contribution in [1.82, 2.24) is 19.9 Å². The number of halogens is 2. The number of para-hydroxylation sites is 1. The number of hydrogen-bond donors (Lipinski definition) is 3. The van der Waals surface area contributed by atoms with E-state index in [2.05, 4.69) is 20.3 Å². The minimum atomic E-state index is -3.83. The van der Waals surface area contributed by atoms with Crippen molar-refractivity contribution < 1.29 is 32.3 Å². The van der Waals surface area contributed by atoms with Crippen molar-refractivity contribution in [1.29, 1.82) is 0 Å². The highest BCUT2D eigenvalue weighted by Gasteiger charge is 2.62. The van der Waals surface area contributed by atoms with Gasteiger partial charge in [-0.1, -0.05) is 73.2 Å². The molecule has 1 aromatic heterocycles. The maximum absolute atomic E-state index is 14.5. The number of benzene rings is 2.